The molecule has 0 bridgehead atoms. The van der Waals surface area contributed by atoms with Gasteiger partial charge in [0, 0.05) is 29.5 Å². The molecule has 1 aromatic heterocycles. The molecule has 28 heavy (non-hydrogen) atoms. The first-order valence-electron chi connectivity index (χ1n) is 10.1. The first-order chi connectivity index (χ1) is 13.8. The van der Waals surface area contributed by atoms with E-state index in [1.54, 1.807) is 6.20 Å². The van der Waals surface area contributed by atoms with Gasteiger partial charge in [-0.25, -0.2) is 0 Å². The zero-order valence-electron chi connectivity index (χ0n) is 15.9. The molecule has 1 saturated heterocycles. The highest BCUT2D eigenvalue weighted by atomic mass is 16.5. The van der Waals surface area contributed by atoms with Crippen LogP contribution in [0, 0.1) is 0 Å². The molecule has 3 heterocycles. The average Bonchev–Trinajstić information content (AvgIpc) is 3.09. The molecule has 2 aromatic carbocycles. The fourth-order valence-corrected chi connectivity index (χ4v) is 4.00. The third-order valence-electron chi connectivity index (χ3n) is 5.68. The van der Waals surface area contributed by atoms with Gasteiger partial charge < -0.3 is 15.4 Å². The van der Waals surface area contributed by atoms with Crippen LogP contribution < -0.4 is 15.4 Å². The van der Waals surface area contributed by atoms with Crippen LogP contribution in [-0.2, 0) is 12.8 Å². The fraction of sp³-hybridized carbons (Fsp3) is 0.292. The molecule has 3 aromatic rings. The summed E-state index contributed by atoms with van der Waals surface area (Å²) in [6.07, 6.45) is 7.00. The van der Waals surface area contributed by atoms with Crippen LogP contribution in [-0.4, -0.2) is 30.2 Å². The summed E-state index contributed by atoms with van der Waals surface area (Å²) in [5, 5.41) is 7.01. The van der Waals surface area contributed by atoms with Crippen LogP contribution in [0.4, 0.5) is 5.69 Å². The van der Waals surface area contributed by atoms with Crippen LogP contribution in [0.5, 0.6) is 5.75 Å². The van der Waals surface area contributed by atoms with E-state index < -0.39 is 0 Å². The number of nitrogens with one attached hydrogen (secondary N) is 2. The number of aromatic nitrogens is 1. The quantitative estimate of drug-likeness (QED) is 0.686. The minimum atomic E-state index is 0.454. The highest BCUT2D eigenvalue weighted by Crippen LogP contribution is 2.28. The van der Waals surface area contributed by atoms with E-state index in [-0.39, 0.29) is 0 Å². The van der Waals surface area contributed by atoms with Gasteiger partial charge in [-0.2, -0.15) is 0 Å². The molecule has 2 N–H and O–H groups in total. The molecule has 4 heteroatoms. The molecule has 0 aliphatic carbocycles. The maximum atomic E-state index is 5.91. The van der Waals surface area contributed by atoms with Gasteiger partial charge in [-0.05, 0) is 54.6 Å². The first kappa shape index (κ1) is 17.3. The van der Waals surface area contributed by atoms with Crippen LogP contribution in [0.3, 0.4) is 0 Å². The van der Waals surface area contributed by atoms with Gasteiger partial charge in [0.1, 0.15) is 12.4 Å². The topological polar surface area (TPSA) is 46.2 Å². The largest absolute Gasteiger partial charge is 0.490 e. The first-order valence-corrected chi connectivity index (χ1v) is 10.1. The van der Waals surface area contributed by atoms with E-state index in [9.17, 15) is 0 Å². The molecule has 4 nitrogen and oxygen atoms in total. The number of rotatable bonds is 6. The number of nitrogens with zero attached hydrogens (tertiary/aromatic N) is 1. The number of fused-ring (bicyclic) bond motifs is 1. The molecule has 2 unspecified atom stereocenters. The van der Waals surface area contributed by atoms with Gasteiger partial charge in [0.15, 0.2) is 0 Å². The standard InChI is InChI=1S/C24H25N3O/c1-2-7-24-19(5-1)12-22(27-24)11-17-4-3-6-18(10-17)20-13-23(15-25-14-20)28-16-21-8-9-26-21/h1-7,10,13-15,21-22,26-27H,8-9,11-12,16H2. The highest BCUT2D eigenvalue weighted by Gasteiger charge is 2.20. The molecule has 2 aliphatic rings. The van der Waals surface area contributed by atoms with E-state index in [0.29, 0.717) is 18.7 Å². The summed E-state index contributed by atoms with van der Waals surface area (Å²) >= 11 is 0. The van der Waals surface area contributed by atoms with Crippen LogP contribution >= 0.6 is 0 Å². The van der Waals surface area contributed by atoms with Crippen molar-refractivity contribution in [3.05, 3.63) is 78.1 Å². The molecule has 2 aliphatic heterocycles. The Morgan fingerprint density at radius 2 is 1.89 bits per heavy atom. The molecular weight excluding hydrogens is 346 g/mol. The Kier molecular flexibility index (Phi) is 4.71. The van der Waals surface area contributed by atoms with Crippen LogP contribution in [0.25, 0.3) is 11.1 Å². The van der Waals surface area contributed by atoms with Gasteiger partial charge in [-0.15, -0.1) is 0 Å². The molecule has 0 amide bonds. The number of pyridine rings is 1. The third kappa shape index (κ3) is 3.73. The zero-order valence-corrected chi connectivity index (χ0v) is 15.9. The lowest BCUT2D eigenvalue weighted by atomic mass is 9.99. The number of hydrogen-bond acceptors (Lipinski definition) is 4. The lowest BCUT2D eigenvalue weighted by Crippen LogP contribution is -2.46. The Morgan fingerprint density at radius 1 is 0.964 bits per heavy atom. The molecule has 0 saturated carbocycles. The number of ether oxygens (including phenoxy) is 1. The normalized spacial score (nSPS) is 20.1. The summed E-state index contributed by atoms with van der Waals surface area (Å²) in [6, 6.07) is 20.4. The summed E-state index contributed by atoms with van der Waals surface area (Å²) < 4.78 is 5.91. The number of hydrogen-bond donors (Lipinski definition) is 2. The fourth-order valence-electron chi connectivity index (χ4n) is 4.00. The number of benzene rings is 2. The average molecular weight is 371 g/mol. The molecule has 142 valence electrons. The van der Waals surface area contributed by atoms with Crippen molar-refractivity contribution in [3.63, 3.8) is 0 Å². The van der Waals surface area contributed by atoms with Crippen molar-refractivity contribution in [2.24, 2.45) is 0 Å². The van der Waals surface area contributed by atoms with E-state index >= 15 is 0 Å². The van der Waals surface area contributed by atoms with Crippen LogP contribution in [0.15, 0.2) is 67.0 Å². The summed E-state index contributed by atoms with van der Waals surface area (Å²) in [7, 11) is 0. The molecule has 0 radical (unpaired) electrons. The molecule has 1 fully saturated rings. The molecule has 2 atom stereocenters. The zero-order chi connectivity index (χ0) is 18.8. The summed E-state index contributed by atoms with van der Waals surface area (Å²) in [5.41, 5.74) is 6.32. The lowest BCUT2D eigenvalue weighted by molar-refractivity contribution is 0.217. The van der Waals surface area contributed by atoms with Crippen molar-refractivity contribution < 1.29 is 4.74 Å². The Hall–Kier alpha value is -2.85. The Bertz CT molecular complexity index is 942. The highest BCUT2D eigenvalue weighted by molar-refractivity contribution is 5.65. The van der Waals surface area contributed by atoms with E-state index in [1.165, 1.54) is 28.8 Å². The lowest BCUT2D eigenvalue weighted by Gasteiger charge is -2.27. The van der Waals surface area contributed by atoms with Gasteiger partial charge in [0.25, 0.3) is 0 Å². The van der Waals surface area contributed by atoms with Crippen molar-refractivity contribution in [3.8, 4) is 16.9 Å². The molecular formula is C24H25N3O. The van der Waals surface area contributed by atoms with Crippen molar-refractivity contribution in [1.82, 2.24) is 10.3 Å². The van der Waals surface area contributed by atoms with E-state index in [1.807, 2.05) is 6.20 Å². The van der Waals surface area contributed by atoms with Crippen LogP contribution in [0.2, 0.25) is 0 Å². The van der Waals surface area contributed by atoms with Crippen molar-refractivity contribution in [1.29, 1.82) is 0 Å². The monoisotopic (exact) mass is 371 g/mol. The predicted molar refractivity (Wildman–Crippen MR) is 113 cm³/mol. The second kappa shape index (κ2) is 7.64. The summed E-state index contributed by atoms with van der Waals surface area (Å²) in [5.74, 6) is 0.838. The second-order valence-electron chi connectivity index (χ2n) is 7.77. The van der Waals surface area contributed by atoms with Crippen LogP contribution in [0.1, 0.15) is 17.5 Å². The molecule has 0 spiro atoms. The van der Waals surface area contributed by atoms with Gasteiger partial charge in [-0.1, -0.05) is 42.5 Å². The Balaban J connectivity index is 1.28. The van der Waals surface area contributed by atoms with Gasteiger partial charge in [0.2, 0.25) is 0 Å². The smallest absolute Gasteiger partial charge is 0.138 e. The maximum Gasteiger partial charge on any atom is 0.138 e. The van der Waals surface area contributed by atoms with E-state index in [0.717, 1.165) is 30.7 Å². The van der Waals surface area contributed by atoms with E-state index in [2.05, 4.69) is 70.2 Å². The van der Waals surface area contributed by atoms with Gasteiger partial charge in [0.05, 0.1) is 6.20 Å². The van der Waals surface area contributed by atoms with Crippen molar-refractivity contribution in [2.75, 3.05) is 18.5 Å². The maximum absolute atomic E-state index is 5.91. The van der Waals surface area contributed by atoms with E-state index in [4.69, 9.17) is 4.74 Å². The van der Waals surface area contributed by atoms with Gasteiger partial charge >= 0.3 is 0 Å². The van der Waals surface area contributed by atoms with Crippen molar-refractivity contribution in [2.45, 2.75) is 31.3 Å². The van der Waals surface area contributed by atoms with Crippen molar-refractivity contribution >= 4 is 5.69 Å². The summed E-state index contributed by atoms with van der Waals surface area (Å²) in [6.45, 7) is 1.80. The minimum absolute atomic E-state index is 0.454. The minimum Gasteiger partial charge on any atom is -0.490 e. The molecule has 5 rings (SSSR count). The van der Waals surface area contributed by atoms with Gasteiger partial charge in [-0.3, -0.25) is 4.98 Å². The number of anilines is 1. The SMILES string of the molecule is c1cc(CC2Cc3ccccc3N2)cc(-c2cncc(OCC3CCN3)c2)c1. The predicted octanol–water partition coefficient (Wildman–Crippen LogP) is 4.07. The Morgan fingerprint density at radius 3 is 2.75 bits per heavy atom. The second-order valence-corrected chi connectivity index (χ2v) is 7.77. The number of para-hydroxylation sites is 1. The summed E-state index contributed by atoms with van der Waals surface area (Å²) in [4.78, 5) is 4.39. The third-order valence-corrected chi connectivity index (χ3v) is 5.68. The Labute approximate surface area is 166 Å².